The van der Waals surface area contributed by atoms with E-state index in [1.807, 2.05) is 49.4 Å². The van der Waals surface area contributed by atoms with E-state index in [1.165, 1.54) is 11.3 Å². The molecule has 5 nitrogen and oxygen atoms in total. The number of carbonyl (C=O) groups is 1. The maximum absolute atomic E-state index is 13.4. The zero-order valence-electron chi connectivity index (χ0n) is 17.4. The van der Waals surface area contributed by atoms with Gasteiger partial charge in [0.05, 0.1) is 28.5 Å². The van der Waals surface area contributed by atoms with Crippen LogP contribution in [0.4, 0.5) is 0 Å². The van der Waals surface area contributed by atoms with Gasteiger partial charge in [0.1, 0.15) is 0 Å². The number of allylic oxidation sites excluding steroid dienone is 1. The Labute approximate surface area is 188 Å². The van der Waals surface area contributed by atoms with Crippen molar-refractivity contribution in [2.75, 3.05) is 6.61 Å². The van der Waals surface area contributed by atoms with E-state index >= 15 is 0 Å². The lowest BCUT2D eigenvalue weighted by molar-refractivity contribution is -0.139. The molecule has 1 aromatic heterocycles. The highest BCUT2D eigenvalue weighted by atomic mass is 35.5. The third-order valence-corrected chi connectivity index (χ3v) is 6.31. The van der Waals surface area contributed by atoms with Gasteiger partial charge in [-0.3, -0.25) is 9.36 Å². The van der Waals surface area contributed by atoms with E-state index in [9.17, 15) is 9.59 Å². The summed E-state index contributed by atoms with van der Waals surface area (Å²) in [4.78, 5) is 31.4. The highest BCUT2D eigenvalue weighted by Gasteiger charge is 2.33. The number of thiazole rings is 1. The van der Waals surface area contributed by atoms with Gasteiger partial charge in [0.25, 0.3) is 5.56 Å². The molecule has 0 radical (unpaired) electrons. The minimum absolute atomic E-state index is 0.196. The molecule has 1 aliphatic rings. The summed E-state index contributed by atoms with van der Waals surface area (Å²) in [6.45, 7) is 5.78. The molecule has 1 atom stereocenters. The molecule has 3 aromatic rings. The van der Waals surface area contributed by atoms with Gasteiger partial charge in [-0.2, -0.15) is 0 Å². The molecule has 0 N–H and O–H groups in total. The number of benzene rings is 2. The molecule has 31 heavy (non-hydrogen) atoms. The van der Waals surface area contributed by atoms with Crippen LogP contribution in [-0.2, 0) is 9.53 Å². The zero-order valence-corrected chi connectivity index (χ0v) is 19.0. The van der Waals surface area contributed by atoms with Crippen molar-refractivity contribution in [2.45, 2.75) is 26.8 Å². The van der Waals surface area contributed by atoms with Crippen molar-refractivity contribution in [1.82, 2.24) is 4.57 Å². The Morgan fingerprint density at radius 2 is 1.84 bits per heavy atom. The van der Waals surface area contributed by atoms with Crippen molar-refractivity contribution < 1.29 is 9.53 Å². The molecule has 0 aliphatic carbocycles. The number of fused-ring (bicyclic) bond motifs is 1. The second-order valence-corrected chi connectivity index (χ2v) is 8.71. The van der Waals surface area contributed by atoms with Crippen LogP contribution < -0.4 is 14.9 Å². The number of carbonyl (C=O) groups excluding carboxylic acids is 1. The number of nitrogens with zero attached hydrogens (tertiary/aromatic N) is 2. The third-order valence-electron chi connectivity index (χ3n) is 5.08. The molecule has 0 saturated heterocycles. The fourth-order valence-corrected chi connectivity index (χ4v) is 4.74. The van der Waals surface area contributed by atoms with E-state index in [0.29, 0.717) is 25.6 Å². The van der Waals surface area contributed by atoms with E-state index in [-0.39, 0.29) is 12.2 Å². The van der Waals surface area contributed by atoms with Crippen LogP contribution in [0.5, 0.6) is 0 Å². The first-order chi connectivity index (χ1) is 14.9. The Hall–Kier alpha value is -2.96. The molecule has 1 aliphatic heterocycles. The molecule has 0 bridgehead atoms. The monoisotopic (exact) mass is 452 g/mol. The van der Waals surface area contributed by atoms with Crippen molar-refractivity contribution in [3.63, 3.8) is 0 Å². The Kier molecular flexibility index (Phi) is 5.94. The summed E-state index contributed by atoms with van der Waals surface area (Å²) in [5.41, 5.74) is 3.56. The summed E-state index contributed by atoms with van der Waals surface area (Å²) >= 11 is 7.38. The van der Waals surface area contributed by atoms with Crippen LogP contribution in [-0.4, -0.2) is 17.1 Å². The Bertz CT molecular complexity index is 1350. The predicted octanol–water partition coefficient (Wildman–Crippen LogP) is 3.76. The van der Waals surface area contributed by atoms with Gasteiger partial charge in [0, 0.05) is 5.02 Å². The van der Waals surface area contributed by atoms with Gasteiger partial charge in [-0.05, 0) is 50.1 Å². The molecular formula is C24H21ClN2O3S. The molecule has 158 valence electrons. The van der Waals surface area contributed by atoms with E-state index in [4.69, 9.17) is 16.3 Å². The molecule has 0 saturated carbocycles. The quantitative estimate of drug-likeness (QED) is 0.566. The third kappa shape index (κ3) is 4.13. The van der Waals surface area contributed by atoms with Crippen LogP contribution in [0, 0.1) is 6.92 Å². The number of aryl methyl sites for hydroxylation is 1. The first-order valence-corrected chi connectivity index (χ1v) is 11.1. The SMILES string of the molecule is CCOC(=O)C1=C(C)N=c2sc(=Cc3ccc(C)cc3)c(=O)n2C1c1ccc(Cl)cc1. The summed E-state index contributed by atoms with van der Waals surface area (Å²) in [6.07, 6.45) is 1.85. The lowest BCUT2D eigenvalue weighted by atomic mass is 9.96. The molecular weight excluding hydrogens is 432 g/mol. The number of aromatic nitrogens is 1. The van der Waals surface area contributed by atoms with E-state index in [1.54, 1.807) is 30.5 Å². The van der Waals surface area contributed by atoms with Gasteiger partial charge in [-0.1, -0.05) is 64.9 Å². The normalized spacial score (nSPS) is 16.1. The maximum atomic E-state index is 13.4. The molecule has 1 unspecified atom stereocenters. The molecule has 2 aromatic carbocycles. The van der Waals surface area contributed by atoms with Crippen LogP contribution in [0.3, 0.4) is 0 Å². The Morgan fingerprint density at radius 3 is 2.48 bits per heavy atom. The first kappa shape index (κ1) is 21.3. The van der Waals surface area contributed by atoms with E-state index < -0.39 is 12.0 Å². The second kappa shape index (κ2) is 8.65. The minimum atomic E-state index is -0.632. The summed E-state index contributed by atoms with van der Waals surface area (Å²) in [6, 6.07) is 14.5. The number of esters is 1. The zero-order chi connectivity index (χ0) is 22.1. The topological polar surface area (TPSA) is 60.7 Å². The van der Waals surface area contributed by atoms with Crippen molar-refractivity contribution in [3.05, 3.63) is 101 Å². The molecule has 2 heterocycles. The number of hydrogen-bond donors (Lipinski definition) is 0. The maximum Gasteiger partial charge on any atom is 0.338 e. The number of rotatable bonds is 4. The summed E-state index contributed by atoms with van der Waals surface area (Å²) in [5.74, 6) is -0.475. The van der Waals surface area contributed by atoms with Crippen LogP contribution in [0.1, 0.15) is 36.6 Å². The van der Waals surface area contributed by atoms with Crippen molar-refractivity contribution in [1.29, 1.82) is 0 Å². The first-order valence-electron chi connectivity index (χ1n) is 9.91. The second-order valence-electron chi connectivity index (χ2n) is 7.26. The van der Waals surface area contributed by atoms with Crippen molar-refractivity contribution in [2.24, 2.45) is 4.99 Å². The summed E-state index contributed by atoms with van der Waals surface area (Å²) in [5, 5.41) is 0.578. The van der Waals surface area contributed by atoms with Gasteiger partial charge in [-0.25, -0.2) is 9.79 Å². The Morgan fingerprint density at radius 1 is 1.16 bits per heavy atom. The standard InChI is InChI=1S/C24H21ClN2O3S/c1-4-30-23(29)20-15(3)26-24-27(21(20)17-9-11-18(25)12-10-17)22(28)19(31-24)13-16-7-5-14(2)6-8-16/h5-13,21H,4H2,1-3H3. The molecule has 0 fully saturated rings. The molecule has 7 heteroatoms. The average molecular weight is 453 g/mol. The largest absolute Gasteiger partial charge is 0.463 e. The van der Waals surface area contributed by atoms with Crippen molar-refractivity contribution in [3.8, 4) is 0 Å². The smallest absolute Gasteiger partial charge is 0.338 e. The van der Waals surface area contributed by atoms with Crippen LogP contribution in [0.2, 0.25) is 5.02 Å². The van der Waals surface area contributed by atoms with Gasteiger partial charge >= 0.3 is 5.97 Å². The fraction of sp³-hybridized carbons (Fsp3) is 0.208. The fourth-order valence-electron chi connectivity index (χ4n) is 3.57. The van der Waals surface area contributed by atoms with Gasteiger partial charge < -0.3 is 4.74 Å². The number of halogens is 1. The number of ether oxygens (including phenoxy) is 1. The Balaban J connectivity index is 1.94. The summed E-state index contributed by atoms with van der Waals surface area (Å²) < 4.78 is 7.42. The van der Waals surface area contributed by atoms with Crippen LogP contribution >= 0.6 is 22.9 Å². The lowest BCUT2D eigenvalue weighted by Crippen LogP contribution is -2.39. The van der Waals surface area contributed by atoms with Crippen molar-refractivity contribution >= 4 is 35.0 Å². The highest BCUT2D eigenvalue weighted by molar-refractivity contribution is 7.07. The summed E-state index contributed by atoms with van der Waals surface area (Å²) in [7, 11) is 0. The van der Waals surface area contributed by atoms with Crippen LogP contribution in [0.15, 0.2) is 69.6 Å². The van der Waals surface area contributed by atoms with Gasteiger partial charge in [-0.15, -0.1) is 0 Å². The molecule has 4 rings (SSSR count). The predicted molar refractivity (Wildman–Crippen MR) is 123 cm³/mol. The average Bonchev–Trinajstić information content (AvgIpc) is 3.04. The van der Waals surface area contributed by atoms with E-state index in [2.05, 4.69) is 4.99 Å². The number of hydrogen-bond acceptors (Lipinski definition) is 5. The van der Waals surface area contributed by atoms with Crippen LogP contribution in [0.25, 0.3) is 6.08 Å². The van der Waals surface area contributed by atoms with Gasteiger partial charge in [0.2, 0.25) is 0 Å². The lowest BCUT2D eigenvalue weighted by Gasteiger charge is -2.24. The molecule has 0 spiro atoms. The molecule has 0 amide bonds. The van der Waals surface area contributed by atoms with E-state index in [0.717, 1.165) is 16.7 Å². The van der Waals surface area contributed by atoms with Gasteiger partial charge in [0.15, 0.2) is 4.80 Å². The highest BCUT2D eigenvalue weighted by Crippen LogP contribution is 2.31. The minimum Gasteiger partial charge on any atom is -0.463 e.